The maximum absolute atomic E-state index is 12.3. The molecule has 9 nitrogen and oxygen atoms in total. The van der Waals surface area contributed by atoms with Crippen LogP contribution >= 0.6 is 0 Å². The van der Waals surface area contributed by atoms with Gasteiger partial charge in [-0.3, -0.25) is 9.59 Å². The Morgan fingerprint density at radius 2 is 1.13 bits per heavy atom. The lowest BCUT2D eigenvalue weighted by molar-refractivity contribution is 0.332. The lowest BCUT2D eigenvalue weighted by atomic mass is 9.90. The highest BCUT2D eigenvalue weighted by molar-refractivity contribution is 5.57. The molecule has 0 aliphatic heterocycles. The van der Waals surface area contributed by atoms with E-state index < -0.39 is 28.3 Å². The summed E-state index contributed by atoms with van der Waals surface area (Å²) in [6.45, 7) is 3.05. The van der Waals surface area contributed by atoms with Gasteiger partial charge in [0.1, 0.15) is 23.2 Å². The van der Waals surface area contributed by atoms with Crippen LogP contribution in [0.2, 0.25) is 0 Å². The van der Waals surface area contributed by atoms with Gasteiger partial charge in [-0.15, -0.1) is 0 Å². The van der Waals surface area contributed by atoms with E-state index in [0.29, 0.717) is 11.5 Å². The molecule has 0 saturated carbocycles. The highest BCUT2D eigenvalue weighted by Gasteiger charge is 2.34. The first-order valence-electron chi connectivity index (χ1n) is 9.18. The fourth-order valence-corrected chi connectivity index (χ4v) is 3.32. The molecule has 164 valence electrons. The Balaban J connectivity index is 2.48. The molecule has 0 aliphatic rings. The zero-order valence-electron chi connectivity index (χ0n) is 17.6. The Hall–Kier alpha value is -3.88. The van der Waals surface area contributed by atoms with E-state index in [-0.39, 0.29) is 34.4 Å². The molecule has 0 atom stereocenters. The first-order valence-corrected chi connectivity index (χ1v) is 9.18. The van der Waals surface area contributed by atoms with E-state index in [0.717, 1.165) is 12.1 Å². The van der Waals surface area contributed by atoms with Crippen LogP contribution in [0.1, 0.15) is 34.5 Å². The summed E-state index contributed by atoms with van der Waals surface area (Å²) < 4.78 is 27.5. The minimum atomic E-state index is -1.23. The summed E-state index contributed by atoms with van der Waals surface area (Å²) in [6, 6.07) is 5.28. The van der Waals surface area contributed by atoms with Crippen molar-refractivity contribution in [2.45, 2.75) is 19.8 Å². The van der Waals surface area contributed by atoms with E-state index in [9.17, 15) is 19.8 Å². The fraction of sp³-hybridized carbons (Fsp3) is 0.273. The SMILES string of the molecule is COc1cc(OC)c(C(c2oc(C)cc(=O)c2O)c2oc(C)cc(=O)c2O)cc1OC. The normalized spacial score (nSPS) is 10.9. The first kappa shape index (κ1) is 21.8. The Morgan fingerprint density at radius 1 is 0.710 bits per heavy atom. The molecule has 0 fully saturated rings. The van der Waals surface area contributed by atoms with Crippen LogP contribution in [0.3, 0.4) is 0 Å². The third-order valence-electron chi connectivity index (χ3n) is 4.72. The zero-order chi connectivity index (χ0) is 22.9. The summed E-state index contributed by atoms with van der Waals surface area (Å²) in [4.78, 5) is 24.6. The van der Waals surface area contributed by atoms with Crippen LogP contribution in [-0.4, -0.2) is 31.5 Å². The van der Waals surface area contributed by atoms with E-state index in [1.807, 2.05) is 0 Å². The van der Waals surface area contributed by atoms with Crippen molar-refractivity contribution in [3.63, 3.8) is 0 Å². The van der Waals surface area contributed by atoms with Gasteiger partial charge in [-0.25, -0.2) is 0 Å². The Kier molecular flexibility index (Phi) is 5.96. The predicted molar refractivity (Wildman–Crippen MR) is 110 cm³/mol. The highest BCUT2D eigenvalue weighted by Crippen LogP contribution is 2.46. The van der Waals surface area contributed by atoms with Crippen molar-refractivity contribution in [1.82, 2.24) is 0 Å². The standard InChI is InChI=1S/C22H22O9/c1-10-6-13(23)19(25)21(30-10)18(22-20(26)14(24)7-11(2)31-22)12-8-16(28-4)17(29-5)9-15(12)27-3/h6-9,18,25-26H,1-5H3. The van der Waals surface area contributed by atoms with Gasteiger partial charge >= 0.3 is 0 Å². The number of ether oxygens (including phenoxy) is 3. The second-order valence-corrected chi connectivity index (χ2v) is 6.75. The molecule has 0 saturated heterocycles. The monoisotopic (exact) mass is 430 g/mol. The molecular formula is C22H22O9. The van der Waals surface area contributed by atoms with Gasteiger partial charge in [-0.2, -0.15) is 0 Å². The fourth-order valence-electron chi connectivity index (χ4n) is 3.32. The molecule has 3 aromatic rings. The van der Waals surface area contributed by atoms with E-state index in [1.165, 1.54) is 47.3 Å². The number of hydrogen-bond acceptors (Lipinski definition) is 9. The van der Waals surface area contributed by atoms with Gasteiger partial charge in [0.25, 0.3) is 0 Å². The molecule has 0 amide bonds. The Bertz CT molecular complexity index is 1170. The van der Waals surface area contributed by atoms with Gasteiger partial charge in [0.2, 0.25) is 22.4 Å². The molecule has 0 bridgehead atoms. The van der Waals surface area contributed by atoms with Gasteiger partial charge in [0, 0.05) is 23.8 Å². The smallest absolute Gasteiger partial charge is 0.227 e. The molecule has 0 aliphatic carbocycles. The van der Waals surface area contributed by atoms with Crippen molar-refractivity contribution in [3.8, 4) is 28.7 Å². The Labute approximate surface area is 177 Å². The zero-order valence-corrected chi connectivity index (χ0v) is 17.6. The molecule has 2 aromatic heterocycles. The summed E-state index contributed by atoms with van der Waals surface area (Å²) in [5.74, 6) is -1.79. The highest BCUT2D eigenvalue weighted by atomic mass is 16.5. The second kappa shape index (κ2) is 8.47. The van der Waals surface area contributed by atoms with Crippen LogP contribution in [0.15, 0.2) is 42.7 Å². The molecular weight excluding hydrogens is 408 g/mol. The first-order chi connectivity index (χ1) is 14.7. The lowest BCUT2D eigenvalue weighted by Crippen LogP contribution is -2.14. The topological polar surface area (TPSA) is 129 Å². The maximum Gasteiger partial charge on any atom is 0.227 e. The second-order valence-electron chi connectivity index (χ2n) is 6.75. The number of hydrogen-bond donors (Lipinski definition) is 2. The van der Waals surface area contributed by atoms with Gasteiger partial charge in [0.15, 0.2) is 23.0 Å². The van der Waals surface area contributed by atoms with Gasteiger partial charge in [0.05, 0.1) is 21.3 Å². The minimum absolute atomic E-state index is 0.205. The van der Waals surface area contributed by atoms with Crippen molar-refractivity contribution in [1.29, 1.82) is 0 Å². The molecule has 2 N–H and O–H groups in total. The summed E-state index contributed by atoms with van der Waals surface area (Å²) in [6.07, 6.45) is 0. The summed E-state index contributed by atoms with van der Waals surface area (Å²) in [5.41, 5.74) is -1.11. The molecule has 0 spiro atoms. The summed E-state index contributed by atoms with van der Waals surface area (Å²) in [7, 11) is 4.28. The van der Waals surface area contributed by atoms with Crippen molar-refractivity contribution < 1.29 is 33.3 Å². The molecule has 1 aromatic carbocycles. The average Bonchev–Trinajstić information content (AvgIpc) is 2.74. The quantitative estimate of drug-likeness (QED) is 0.606. The molecule has 2 heterocycles. The van der Waals surface area contributed by atoms with Gasteiger partial charge < -0.3 is 33.3 Å². The molecule has 0 radical (unpaired) electrons. The Morgan fingerprint density at radius 3 is 1.55 bits per heavy atom. The third kappa shape index (κ3) is 3.94. The minimum Gasteiger partial charge on any atom is -0.502 e. The molecule has 3 rings (SSSR count). The van der Waals surface area contributed by atoms with E-state index in [2.05, 4.69) is 0 Å². The van der Waals surface area contributed by atoms with Crippen LogP contribution in [0.4, 0.5) is 0 Å². The largest absolute Gasteiger partial charge is 0.502 e. The van der Waals surface area contributed by atoms with Gasteiger partial charge in [-0.1, -0.05) is 0 Å². The molecule has 9 heteroatoms. The number of rotatable bonds is 6. The van der Waals surface area contributed by atoms with Gasteiger partial charge in [-0.05, 0) is 19.9 Å². The molecule has 31 heavy (non-hydrogen) atoms. The van der Waals surface area contributed by atoms with Crippen LogP contribution in [0, 0.1) is 13.8 Å². The summed E-state index contributed by atoms with van der Waals surface area (Å²) in [5, 5.41) is 21.1. The number of aromatic hydroxyl groups is 2. The van der Waals surface area contributed by atoms with Crippen LogP contribution in [0.5, 0.6) is 28.7 Å². The summed E-state index contributed by atoms with van der Waals surface area (Å²) >= 11 is 0. The predicted octanol–water partition coefficient (Wildman–Crippen LogP) is 2.83. The van der Waals surface area contributed by atoms with E-state index >= 15 is 0 Å². The lowest BCUT2D eigenvalue weighted by Gasteiger charge is -2.22. The van der Waals surface area contributed by atoms with Crippen molar-refractivity contribution in [2.24, 2.45) is 0 Å². The number of aryl methyl sites for hydroxylation is 2. The van der Waals surface area contributed by atoms with Crippen LogP contribution < -0.4 is 25.1 Å². The van der Waals surface area contributed by atoms with Crippen LogP contribution in [-0.2, 0) is 0 Å². The third-order valence-corrected chi connectivity index (χ3v) is 4.72. The number of methoxy groups -OCH3 is 3. The average molecular weight is 430 g/mol. The maximum atomic E-state index is 12.3. The molecule has 0 unspecified atom stereocenters. The van der Waals surface area contributed by atoms with Crippen molar-refractivity contribution in [3.05, 3.63) is 73.3 Å². The van der Waals surface area contributed by atoms with Crippen molar-refractivity contribution >= 4 is 0 Å². The van der Waals surface area contributed by atoms with Crippen molar-refractivity contribution in [2.75, 3.05) is 21.3 Å². The van der Waals surface area contributed by atoms with E-state index in [1.54, 1.807) is 0 Å². The van der Waals surface area contributed by atoms with Crippen LogP contribution in [0.25, 0.3) is 0 Å². The number of benzene rings is 1. The van der Waals surface area contributed by atoms with E-state index in [4.69, 9.17) is 23.0 Å².